The second kappa shape index (κ2) is 12.0. The molecule has 1 aliphatic rings. The zero-order chi connectivity index (χ0) is 18.9. The zero-order valence-corrected chi connectivity index (χ0v) is 18.7. The molecule has 27 heavy (non-hydrogen) atoms. The van der Waals surface area contributed by atoms with Gasteiger partial charge in [-0.1, -0.05) is 6.92 Å². The number of aliphatic imine (C=N–C) groups is 1. The SMILES string of the molecule is CCC(C)NC(=O)CCNC(=NC)N1CCN(c2ccc(F)cc2)CC1.I. The molecule has 0 spiro atoms. The molecule has 1 fully saturated rings. The number of carbonyl (C=O) groups excluding carboxylic acids is 1. The molecule has 0 bridgehead atoms. The van der Waals surface area contributed by atoms with Gasteiger partial charge in [0.1, 0.15) is 5.82 Å². The Morgan fingerprint density at radius 1 is 1.22 bits per heavy atom. The third-order valence-corrected chi connectivity index (χ3v) is 4.64. The predicted molar refractivity (Wildman–Crippen MR) is 119 cm³/mol. The summed E-state index contributed by atoms with van der Waals surface area (Å²) in [5.41, 5.74) is 1.04. The Kier molecular flexibility index (Phi) is 10.4. The van der Waals surface area contributed by atoms with Gasteiger partial charge in [0.05, 0.1) is 0 Å². The van der Waals surface area contributed by atoms with Gasteiger partial charge in [0.25, 0.3) is 0 Å². The lowest BCUT2D eigenvalue weighted by Crippen LogP contribution is -2.53. The minimum Gasteiger partial charge on any atom is -0.368 e. The molecule has 1 aliphatic heterocycles. The van der Waals surface area contributed by atoms with Crippen LogP contribution in [0.1, 0.15) is 26.7 Å². The van der Waals surface area contributed by atoms with Crippen LogP contribution < -0.4 is 15.5 Å². The molecule has 152 valence electrons. The van der Waals surface area contributed by atoms with E-state index in [0.29, 0.717) is 13.0 Å². The number of amides is 1. The van der Waals surface area contributed by atoms with E-state index in [1.54, 1.807) is 7.05 Å². The fourth-order valence-electron chi connectivity index (χ4n) is 2.90. The van der Waals surface area contributed by atoms with Crippen molar-refractivity contribution in [2.75, 3.05) is 44.7 Å². The quantitative estimate of drug-likeness (QED) is 0.365. The second-order valence-electron chi connectivity index (χ2n) is 6.55. The summed E-state index contributed by atoms with van der Waals surface area (Å²) < 4.78 is 13.1. The standard InChI is InChI=1S/C19H30FN5O.HI/c1-4-15(2)23-18(26)9-10-22-19(21-3)25-13-11-24(12-14-25)17-7-5-16(20)6-8-17;/h5-8,15H,4,9-14H2,1-3H3,(H,21,22)(H,23,26);1H. The number of anilines is 1. The smallest absolute Gasteiger partial charge is 0.221 e. The fourth-order valence-corrected chi connectivity index (χ4v) is 2.90. The van der Waals surface area contributed by atoms with Crippen LogP contribution in [-0.2, 0) is 4.79 Å². The van der Waals surface area contributed by atoms with Crippen molar-refractivity contribution in [1.29, 1.82) is 0 Å². The molecule has 1 heterocycles. The number of hydrogen-bond acceptors (Lipinski definition) is 3. The Hall–Kier alpha value is -1.58. The van der Waals surface area contributed by atoms with Gasteiger partial charge in [-0.15, -0.1) is 24.0 Å². The lowest BCUT2D eigenvalue weighted by molar-refractivity contribution is -0.121. The molecule has 2 rings (SSSR count). The van der Waals surface area contributed by atoms with Crippen LogP contribution in [0.2, 0.25) is 0 Å². The predicted octanol–water partition coefficient (Wildman–Crippen LogP) is 2.45. The summed E-state index contributed by atoms with van der Waals surface area (Å²) in [6, 6.07) is 6.82. The van der Waals surface area contributed by atoms with Crippen molar-refractivity contribution >= 4 is 41.5 Å². The van der Waals surface area contributed by atoms with Crippen molar-refractivity contribution in [3.05, 3.63) is 30.1 Å². The van der Waals surface area contributed by atoms with E-state index in [1.807, 2.05) is 19.1 Å². The summed E-state index contributed by atoms with van der Waals surface area (Å²) in [4.78, 5) is 20.6. The molecule has 1 aromatic rings. The van der Waals surface area contributed by atoms with Crippen molar-refractivity contribution in [2.45, 2.75) is 32.7 Å². The van der Waals surface area contributed by atoms with Crippen LogP contribution in [0.3, 0.4) is 0 Å². The average molecular weight is 491 g/mol. The Morgan fingerprint density at radius 3 is 2.41 bits per heavy atom. The molecule has 1 unspecified atom stereocenters. The van der Waals surface area contributed by atoms with E-state index in [0.717, 1.165) is 44.2 Å². The molecule has 0 radical (unpaired) electrons. The topological polar surface area (TPSA) is 60.0 Å². The molecule has 8 heteroatoms. The maximum atomic E-state index is 13.1. The first-order chi connectivity index (χ1) is 12.5. The van der Waals surface area contributed by atoms with Crippen molar-refractivity contribution < 1.29 is 9.18 Å². The number of hydrogen-bond donors (Lipinski definition) is 2. The maximum absolute atomic E-state index is 13.1. The number of carbonyl (C=O) groups is 1. The average Bonchev–Trinajstić information content (AvgIpc) is 2.66. The summed E-state index contributed by atoms with van der Waals surface area (Å²) in [7, 11) is 1.76. The van der Waals surface area contributed by atoms with Crippen LogP contribution in [0.4, 0.5) is 10.1 Å². The number of guanidine groups is 1. The monoisotopic (exact) mass is 491 g/mol. The molecular formula is C19H31FIN5O. The Morgan fingerprint density at radius 2 is 1.85 bits per heavy atom. The first-order valence-corrected chi connectivity index (χ1v) is 9.29. The summed E-state index contributed by atoms with van der Waals surface area (Å²) in [5.74, 6) is 0.665. The summed E-state index contributed by atoms with van der Waals surface area (Å²) in [6.07, 6.45) is 1.36. The minimum absolute atomic E-state index is 0. The summed E-state index contributed by atoms with van der Waals surface area (Å²) in [5, 5.41) is 6.23. The summed E-state index contributed by atoms with van der Waals surface area (Å²) in [6.45, 7) is 7.97. The van der Waals surface area contributed by atoms with Crippen molar-refractivity contribution in [3.63, 3.8) is 0 Å². The van der Waals surface area contributed by atoms with Gasteiger partial charge >= 0.3 is 0 Å². The van der Waals surface area contributed by atoms with Crippen molar-refractivity contribution in [2.24, 2.45) is 4.99 Å². The van der Waals surface area contributed by atoms with E-state index in [9.17, 15) is 9.18 Å². The van der Waals surface area contributed by atoms with Crippen LogP contribution in [-0.4, -0.2) is 62.6 Å². The van der Waals surface area contributed by atoms with E-state index in [1.165, 1.54) is 12.1 Å². The van der Waals surface area contributed by atoms with Crippen molar-refractivity contribution in [1.82, 2.24) is 15.5 Å². The first kappa shape index (κ1) is 23.5. The van der Waals surface area contributed by atoms with Gasteiger partial charge in [-0.25, -0.2) is 4.39 Å². The lowest BCUT2D eigenvalue weighted by atomic mass is 10.2. The van der Waals surface area contributed by atoms with Gasteiger partial charge in [0.15, 0.2) is 5.96 Å². The molecule has 1 aromatic carbocycles. The highest BCUT2D eigenvalue weighted by molar-refractivity contribution is 14.0. The van der Waals surface area contributed by atoms with Crippen LogP contribution in [0, 0.1) is 5.82 Å². The molecule has 1 amide bonds. The number of halogens is 2. The maximum Gasteiger partial charge on any atom is 0.221 e. The Balaban J connectivity index is 0.00000364. The number of rotatable bonds is 6. The largest absolute Gasteiger partial charge is 0.368 e. The van der Waals surface area contributed by atoms with Gasteiger partial charge in [-0.05, 0) is 37.6 Å². The fraction of sp³-hybridized carbons (Fsp3) is 0.579. The molecule has 0 aliphatic carbocycles. The molecule has 1 saturated heterocycles. The summed E-state index contributed by atoms with van der Waals surface area (Å²) >= 11 is 0. The molecule has 1 atom stereocenters. The Bertz CT molecular complexity index is 603. The van der Waals surface area contributed by atoms with E-state index in [4.69, 9.17) is 0 Å². The number of benzene rings is 1. The molecule has 2 N–H and O–H groups in total. The van der Waals surface area contributed by atoms with E-state index in [2.05, 4.69) is 32.3 Å². The van der Waals surface area contributed by atoms with Crippen LogP contribution >= 0.6 is 24.0 Å². The highest BCUT2D eigenvalue weighted by atomic mass is 127. The normalized spacial score (nSPS) is 15.8. The van der Waals surface area contributed by atoms with Crippen LogP contribution in [0.5, 0.6) is 0 Å². The Labute approximate surface area is 178 Å². The van der Waals surface area contributed by atoms with Crippen LogP contribution in [0.15, 0.2) is 29.3 Å². The number of nitrogens with one attached hydrogen (secondary N) is 2. The third-order valence-electron chi connectivity index (χ3n) is 4.64. The van der Waals surface area contributed by atoms with E-state index >= 15 is 0 Å². The first-order valence-electron chi connectivity index (χ1n) is 9.29. The second-order valence-corrected chi connectivity index (χ2v) is 6.55. The van der Waals surface area contributed by atoms with E-state index < -0.39 is 0 Å². The lowest BCUT2D eigenvalue weighted by Gasteiger charge is -2.37. The third kappa shape index (κ3) is 7.51. The molecular weight excluding hydrogens is 460 g/mol. The van der Waals surface area contributed by atoms with Gasteiger partial charge in [-0.2, -0.15) is 0 Å². The zero-order valence-electron chi connectivity index (χ0n) is 16.4. The van der Waals surface area contributed by atoms with Gasteiger partial charge in [0, 0.05) is 57.9 Å². The van der Waals surface area contributed by atoms with Gasteiger partial charge in [0.2, 0.25) is 5.91 Å². The minimum atomic E-state index is -0.214. The highest BCUT2D eigenvalue weighted by Crippen LogP contribution is 2.16. The highest BCUT2D eigenvalue weighted by Gasteiger charge is 2.20. The van der Waals surface area contributed by atoms with Crippen molar-refractivity contribution in [3.8, 4) is 0 Å². The number of piperazine rings is 1. The molecule has 0 aromatic heterocycles. The van der Waals surface area contributed by atoms with Crippen LogP contribution in [0.25, 0.3) is 0 Å². The molecule has 0 saturated carbocycles. The van der Waals surface area contributed by atoms with Gasteiger partial charge in [-0.3, -0.25) is 9.79 Å². The van der Waals surface area contributed by atoms with E-state index in [-0.39, 0.29) is 41.7 Å². The molecule has 6 nitrogen and oxygen atoms in total. The van der Waals surface area contributed by atoms with Gasteiger partial charge < -0.3 is 20.4 Å². The number of nitrogens with zero attached hydrogens (tertiary/aromatic N) is 3.